The molecule has 7 nitrogen and oxygen atoms in total. The molecule has 0 saturated heterocycles. The van der Waals surface area contributed by atoms with Crippen molar-refractivity contribution in [3.8, 4) is 5.75 Å². The molecule has 0 radical (unpaired) electrons. The third kappa shape index (κ3) is 2.69. The minimum atomic E-state index is -0.566. The second-order valence-corrected chi connectivity index (χ2v) is 5.06. The van der Waals surface area contributed by atoms with Crippen molar-refractivity contribution in [3.63, 3.8) is 0 Å². The first-order valence-electron chi connectivity index (χ1n) is 6.64. The zero-order chi connectivity index (χ0) is 16.4. The van der Waals surface area contributed by atoms with E-state index in [2.05, 4.69) is 0 Å². The summed E-state index contributed by atoms with van der Waals surface area (Å²) in [6.45, 7) is 1.22. The monoisotopic (exact) mass is 305 g/mol. The summed E-state index contributed by atoms with van der Waals surface area (Å²) in [5.41, 5.74) is 0.0909. The number of nitro groups is 1. The van der Waals surface area contributed by atoms with Gasteiger partial charge in [0.25, 0.3) is 0 Å². The number of carbonyl (C=O) groups excluding carboxylic acids is 2. The maximum atomic E-state index is 12.0. The highest BCUT2D eigenvalue weighted by Gasteiger charge is 2.33. The molecular weight excluding hydrogens is 290 g/mol. The first-order chi connectivity index (χ1) is 10.4. The molecule has 0 aromatic heterocycles. The molecule has 0 amide bonds. The van der Waals surface area contributed by atoms with Gasteiger partial charge >= 0.3 is 5.69 Å². The maximum absolute atomic E-state index is 12.0. The van der Waals surface area contributed by atoms with E-state index in [-0.39, 0.29) is 35.6 Å². The number of rotatable bonds is 4. The molecule has 0 heterocycles. The van der Waals surface area contributed by atoms with Gasteiger partial charge in [-0.05, 0) is 6.92 Å². The number of aliphatic hydroxyl groups excluding tert-OH is 1. The van der Waals surface area contributed by atoms with Crippen LogP contribution in [0.15, 0.2) is 29.5 Å². The lowest BCUT2D eigenvalue weighted by molar-refractivity contribution is -0.385. The van der Waals surface area contributed by atoms with Crippen LogP contribution in [0, 0.1) is 10.1 Å². The second kappa shape index (κ2) is 5.97. The van der Waals surface area contributed by atoms with Crippen molar-refractivity contribution in [1.29, 1.82) is 0 Å². The number of carbonyl (C=O) groups is 2. The summed E-state index contributed by atoms with van der Waals surface area (Å²) in [5.74, 6) is -1.61. The Kier molecular flexibility index (Phi) is 4.25. The average molecular weight is 305 g/mol. The Morgan fingerprint density at radius 1 is 1.41 bits per heavy atom. The number of hydrogen-bond donors (Lipinski definition) is 1. The SMILES string of the molecule is COc1c(C2CC(=O)C(C(C)=O)=C(O)C2)cccc1[N+](=O)[O-]. The van der Waals surface area contributed by atoms with Crippen molar-refractivity contribution in [2.24, 2.45) is 0 Å². The van der Waals surface area contributed by atoms with Gasteiger partial charge in [0.2, 0.25) is 0 Å². The highest BCUT2D eigenvalue weighted by atomic mass is 16.6. The Balaban J connectivity index is 2.47. The van der Waals surface area contributed by atoms with Crippen LogP contribution >= 0.6 is 0 Å². The minimum Gasteiger partial charge on any atom is -0.511 e. The number of ether oxygens (including phenoxy) is 1. The molecular formula is C15H15NO6. The molecule has 0 fully saturated rings. The van der Waals surface area contributed by atoms with Crippen LogP contribution in [0.3, 0.4) is 0 Å². The van der Waals surface area contributed by atoms with E-state index in [4.69, 9.17) is 4.74 Å². The van der Waals surface area contributed by atoms with Gasteiger partial charge in [-0.1, -0.05) is 12.1 Å². The molecule has 1 aromatic carbocycles. The molecule has 1 aliphatic rings. The summed E-state index contributed by atoms with van der Waals surface area (Å²) in [5, 5.41) is 21.0. The second-order valence-electron chi connectivity index (χ2n) is 5.06. The van der Waals surface area contributed by atoms with Crippen LogP contribution in [-0.4, -0.2) is 28.7 Å². The number of nitrogens with zero attached hydrogens (tertiary/aromatic N) is 1. The molecule has 22 heavy (non-hydrogen) atoms. The highest BCUT2D eigenvalue weighted by Crippen LogP contribution is 2.41. The average Bonchev–Trinajstić information content (AvgIpc) is 2.44. The van der Waals surface area contributed by atoms with E-state index < -0.39 is 22.4 Å². The molecule has 0 saturated carbocycles. The quantitative estimate of drug-likeness (QED) is 0.520. The van der Waals surface area contributed by atoms with Gasteiger partial charge in [-0.3, -0.25) is 19.7 Å². The van der Waals surface area contributed by atoms with E-state index in [1.165, 1.54) is 26.2 Å². The third-order valence-electron chi connectivity index (χ3n) is 3.66. The molecule has 0 bridgehead atoms. The van der Waals surface area contributed by atoms with Gasteiger partial charge < -0.3 is 9.84 Å². The maximum Gasteiger partial charge on any atom is 0.311 e. The van der Waals surface area contributed by atoms with Crippen molar-refractivity contribution < 1.29 is 24.4 Å². The lowest BCUT2D eigenvalue weighted by Crippen LogP contribution is -2.22. The number of hydrogen-bond acceptors (Lipinski definition) is 6. The number of benzene rings is 1. The smallest absolute Gasteiger partial charge is 0.311 e. The van der Waals surface area contributed by atoms with E-state index in [0.717, 1.165) is 0 Å². The van der Waals surface area contributed by atoms with Crippen molar-refractivity contribution in [3.05, 3.63) is 45.2 Å². The van der Waals surface area contributed by atoms with Crippen LogP contribution in [0.25, 0.3) is 0 Å². The number of allylic oxidation sites excluding steroid dienone is 2. The molecule has 1 N–H and O–H groups in total. The number of para-hydroxylation sites is 1. The Bertz CT molecular complexity index is 691. The fourth-order valence-corrected chi connectivity index (χ4v) is 2.74. The van der Waals surface area contributed by atoms with E-state index >= 15 is 0 Å². The normalized spacial score (nSPS) is 18.3. The number of Topliss-reactive ketones (excluding diaryl/α,β-unsaturated/α-hetero) is 2. The van der Waals surface area contributed by atoms with Crippen molar-refractivity contribution in [2.75, 3.05) is 7.11 Å². The number of aliphatic hydroxyl groups is 1. The van der Waals surface area contributed by atoms with Crippen LogP contribution in [0.1, 0.15) is 31.2 Å². The predicted octanol–water partition coefficient (Wildman–Crippen LogP) is 2.45. The summed E-state index contributed by atoms with van der Waals surface area (Å²) in [6.07, 6.45) is 0.0642. The molecule has 116 valence electrons. The van der Waals surface area contributed by atoms with Crippen LogP contribution in [-0.2, 0) is 9.59 Å². The van der Waals surface area contributed by atoms with Crippen molar-refractivity contribution in [1.82, 2.24) is 0 Å². The zero-order valence-electron chi connectivity index (χ0n) is 12.2. The largest absolute Gasteiger partial charge is 0.511 e. The number of ketones is 2. The highest BCUT2D eigenvalue weighted by molar-refractivity contribution is 6.20. The van der Waals surface area contributed by atoms with E-state index in [9.17, 15) is 24.8 Å². The minimum absolute atomic E-state index is 0.00347. The Labute approximate surface area is 126 Å². The summed E-state index contributed by atoms with van der Waals surface area (Å²) in [6, 6.07) is 4.43. The fourth-order valence-electron chi connectivity index (χ4n) is 2.74. The predicted molar refractivity (Wildman–Crippen MR) is 77.0 cm³/mol. The lowest BCUT2D eigenvalue weighted by Gasteiger charge is -2.24. The van der Waals surface area contributed by atoms with Gasteiger partial charge in [0.05, 0.1) is 17.6 Å². The Morgan fingerprint density at radius 2 is 2.09 bits per heavy atom. The van der Waals surface area contributed by atoms with Gasteiger partial charge in [-0.25, -0.2) is 0 Å². The fraction of sp³-hybridized carbons (Fsp3) is 0.333. The Morgan fingerprint density at radius 3 is 2.59 bits per heavy atom. The Hall–Kier alpha value is -2.70. The van der Waals surface area contributed by atoms with Gasteiger partial charge in [0.15, 0.2) is 17.3 Å². The van der Waals surface area contributed by atoms with Gasteiger partial charge in [0, 0.05) is 30.4 Å². The molecule has 7 heteroatoms. The molecule has 1 atom stereocenters. The molecule has 2 rings (SSSR count). The molecule has 1 unspecified atom stereocenters. The van der Waals surface area contributed by atoms with Gasteiger partial charge in [-0.2, -0.15) is 0 Å². The number of nitro benzene ring substituents is 1. The topological polar surface area (TPSA) is 107 Å². The van der Waals surface area contributed by atoms with Crippen molar-refractivity contribution >= 4 is 17.3 Å². The van der Waals surface area contributed by atoms with E-state index in [0.29, 0.717) is 5.56 Å². The summed E-state index contributed by atoms with van der Waals surface area (Å²) in [4.78, 5) is 33.9. The van der Waals surface area contributed by atoms with E-state index in [1.807, 2.05) is 0 Å². The molecule has 0 aliphatic heterocycles. The van der Waals surface area contributed by atoms with Crippen LogP contribution in [0.4, 0.5) is 5.69 Å². The standard InChI is InChI=1S/C15H15NO6/c1-8(17)14-12(18)6-9(7-13(14)19)10-4-3-5-11(16(20)21)15(10)22-2/h3-5,9,18H,6-7H2,1-2H3. The first-order valence-corrected chi connectivity index (χ1v) is 6.64. The number of methoxy groups -OCH3 is 1. The summed E-state index contributed by atoms with van der Waals surface area (Å²) < 4.78 is 5.12. The lowest BCUT2D eigenvalue weighted by atomic mass is 9.81. The zero-order valence-corrected chi connectivity index (χ0v) is 12.2. The van der Waals surface area contributed by atoms with Gasteiger partial charge in [-0.15, -0.1) is 0 Å². The van der Waals surface area contributed by atoms with Crippen LogP contribution in [0.2, 0.25) is 0 Å². The van der Waals surface area contributed by atoms with Crippen molar-refractivity contribution in [2.45, 2.75) is 25.7 Å². The van der Waals surface area contributed by atoms with Gasteiger partial charge in [0.1, 0.15) is 5.76 Å². The third-order valence-corrected chi connectivity index (χ3v) is 3.66. The summed E-state index contributed by atoms with van der Waals surface area (Å²) in [7, 11) is 1.31. The molecule has 1 aromatic rings. The van der Waals surface area contributed by atoms with E-state index in [1.54, 1.807) is 6.07 Å². The van der Waals surface area contributed by atoms with Crippen LogP contribution < -0.4 is 4.74 Å². The molecule has 0 spiro atoms. The first kappa shape index (κ1) is 15.7. The van der Waals surface area contributed by atoms with Crippen LogP contribution in [0.5, 0.6) is 5.75 Å². The molecule has 1 aliphatic carbocycles. The summed E-state index contributed by atoms with van der Waals surface area (Å²) >= 11 is 0.